The van der Waals surface area contributed by atoms with Gasteiger partial charge in [0.05, 0.1) is 24.3 Å². The Hall–Kier alpha value is -2.37. The fourth-order valence-electron chi connectivity index (χ4n) is 3.50. The number of hydrogen-bond donors (Lipinski definition) is 3. The van der Waals surface area contributed by atoms with Crippen LogP contribution in [0.2, 0.25) is 5.02 Å². The molecule has 0 spiro atoms. The number of quaternary nitrogens is 1. The second-order valence-electron chi connectivity index (χ2n) is 7.18. The molecule has 1 aliphatic heterocycles. The van der Waals surface area contributed by atoms with Crippen molar-refractivity contribution in [1.29, 1.82) is 0 Å². The van der Waals surface area contributed by atoms with E-state index in [4.69, 9.17) is 11.6 Å². The maximum atomic E-state index is 12.6. The van der Waals surface area contributed by atoms with E-state index in [1.54, 1.807) is 42.5 Å². The number of benzene rings is 2. The number of anilines is 2. The van der Waals surface area contributed by atoms with Gasteiger partial charge in [-0.2, -0.15) is 0 Å². The van der Waals surface area contributed by atoms with Crippen molar-refractivity contribution >= 4 is 34.8 Å². The predicted molar refractivity (Wildman–Crippen MR) is 108 cm³/mol. The van der Waals surface area contributed by atoms with Gasteiger partial charge in [-0.1, -0.05) is 30.7 Å². The summed E-state index contributed by atoms with van der Waals surface area (Å²) in [6.45, 7) is 4.70. The van der Waals surface area contributed by atoms with Crippen molar-refractivity contribution in [2.24, 2.45) is 5.92 Å². The molecule has 0 bridgehead atoms. The Morgan fingerprint density at radius 2 is 1.85 bits per heavy atom. The SMILES string of the molecule is C[C@H]1CCC[NH+](CC(=O)Nc2ccccc2C(=O)Nc2ccc(Cl)cc2)C1. The van der Waals surface area contributed by atoms with Crippen LogP contribution in [-0.4, -0.2) is 31.4 Å². The average molecular weight is 387 g/mol. The van der Waals surface area contributed by atoms with Gasteiger partial charge in [0.15, 0.2) is 6.54 Å². The smallest absolute Gasteiger partial charge is 0.279 e. The third kappa shape index (κ3) is 5.55. The van der Waals surface area contributed by atoms with Crippen LogP contribution in [0, 0.1) is 5.92 Å². The van der Waals surface area contributed by atoms with E-state index in [1.807, 2.05) is 6.07 Å². The molecule has 142 valence electrons. The van der Waals surface area contributed by atoms with Crippen LogP contribution in [0.3, 0.4) is 0 Å². The second kappa shape index (κ2) is 9.02. The summed E-state index contributed by atoms with van der Waals surface area (Å²) in [5.74, 6) is 0.317. The summed E-state index contributed by atoms with van der Waals surface area (Å²) in [5.41, 5.74) is 1.61. The molecular weight excluding hydrogens is 362 g/mol. The number of rotatable bonds is 5. The Balaban J connectivity index is 1.65. The summed E-state index contributed by atoms with van der Waals surface area (Å²) in [6, 6.07) is 14.0. The molecule has 2 aromatic carbocycles. The molecule has 1 saturated heterocycles. The number of carbonyl (C=O) groups is 2. The lowest BCUT2D eigenvalue weighted by Crippen LogP contribution is -3.14. The van der Waals surface area contributed by atoms with E-state index in [-0.39, 0.29) is 11.8 Å². The van der Waals surface area contributed by atoms with Crippen molar-refractivity contribution in [3.63, 3.8) is 0 Å². The summed E-state index contributed by atoms with van der Waals surface area (Å²) in [6.07, 6.45) is 2.39. The molecule has 1 heterocycles. The maximum Gasteiger partial charge on any atom is 0.279 e. The number of amides is 2. The molecule has 3 rings (SSSR count). The van der Waals surface area contributed by atoms with E-state index in [0.717, 1.165) is 19.5 Å². The number of nitrogens with one attached hydrogen (secondary N) is 3. The Bertz CT molecular complexity index is 807. The quantitative estimate of drug-likeness (QED) is 0.740. The molecule has 2 amide bonds. The highest BCUT2D eigenvalue weighted by molar-refractivity contribution is 6.30. The number of para-hydroxylation sites is 1. The highest BCUT2D eigenvalue weighted by atomic mass is 35.5. The minimum atomic E-state index is -0.271. The molecule has 1 unspecified atom stereocenters. The zero-order chi connectivity index (χ0) is 19.2. The van der Waals surface area contributed by atoms with Crippen LogP contribution in [0.5, 0.6) is 0 Å². The molecule has 0 aliphatic carbocycles. The first-order valence-electron chi connectivity index (χ1n) is 9.30. The molecule has 27 heavy (non-hydrogen) atoms. The Morgan fingerprint density at radius 3 is 2.59 bits per heavy atom. The second-order valence-corrected chi connectivity index (χ2v) is 7.62. The zero-order valence-electron chi connectivity index (χ0n) is 15.4. The van der Waals surface area contributed by atoms with Crippen LogP contribution < -0.4 is 15.5 Å². The summed E-state index contributed by atoms with van der Waals surface area (Å²) in [5, 5.41) is 6.35. The van der Waals surface area contributed by atoms with E-state index < -0.39 is 0 Å². The molecule has 0 aromatic heterocycles. The van der Waals surface area contributed by atoms with Gasteiger partial charge in [-0.3, -0.25) is 9.59 Å². The zero-order valence-corrected chi connectivity index (χ0v) is 16.2. The van der Waals surface area contributed by atoms with Crippen LogP contribution in [-0.2, 0) is 4.79 Å². The van der Waals surface area contributed by atoms with Crippen molar-refractivity contribution in [2.45, 2.75) is 19.8 Å². The van der Waals surface area contributed by atoms with Gasteiger partial charge in [0.1, 0.15) is 0 Å². The van der Waals surface area contributed by atoms with Gasteiger partial charge in [0, 0.05) is 16.6 Å². The normalized spacial score (nSPS) is 19.3. The lowest BCUT2D eigenvalue weighted by Gasteiger charge is -2.27. The molecular formula is C21H25ClN3O2+. The fraction of sp³-hybridized carbons (Fsp3) is 0.333. The first-order valence-corrected chi connectivity index (χ1v) is 9.68. The molecule has 3 N–H and O–H groups in total. The Morgan fingerprint density at radius 1 is 1.11 bits per heavy atom. The third-order valence-electron chi connectivity index (χ3n) is 4.82. The van der Waals surface area contributed by atoms with Crippen LogP contribution in [0.25, 0.3) is 0 Å². The summed E-state index contributed by atoms with van der Waals surface area (Å²) in [4.78, 5) is 26.4. The van der Waals surface area contributed by atoms with Gasteiger partial charge in [0.25, 0.3) is 11.8 Å². The minimum absolute atomic E-state index is 0.0640. The Labute approximate surface area is 164 Å². The lowest BCUT2D eigenvalue weighted by atomic mass is 10.0. The van der Waals surface area contributed by atoms with Gasteiger partial charge < -0.3 is 15.5 Å². The van der Waals surface area contributed by atoms with Gasteiger partial charge in [-0.05, 0) is 49.2 Å². The minimum Gasteiger partial charge on any atom is -0.327 e. The van der Waals surface area contributed by atoms with Gasteiger partial charge in [0.2, 0.25) is 0 Å². The predicted octanol–water partition coefficient (Wildman–Crippen LogP) is 2.85. The van der Waals surface area contributed by atoms with E-state index in [1.165, 1.54) is 11.3 Å². The van der Waals surface area contributed by atoms with Crippen LogP contribution in [0.1, 0.15) is 30.1 Å². The molecule has 1 aliphatic rings. The number of likely N-dealkylation sites (tertiary alicyclic amines) is 1. The summed E-state index contributed by atoms with van der Waals surface area (Å²) >= 11 is 5.87. The van der Waals surface area contributed by atoms with Gasteiger partial charge in [-0.15, -0.1) is 0 Å². The van der Waals surface area contributed by atoms with Crippen LogP contribution in [0.15, 0.2) is 48.5 Å². The van der Waals surface area contributed by atoms with Crippen molar-refractivity contribution in [3.05, 3.63) is 59.1 Å². The number of hydrogen-bond acceptors (Lipinski definition) is 2. The molecule has 0 saturated carbocycles. The average Bonchev–Trinajstić information content (AvgIpc) is 2.64. The summed E-state index contributed by atoms with van der Waals surface area (Å²) in [7, 11) is 0. The number of halogens is 1. The highest BCUT2D eigenvalue weighted by Gasteiger charge is 2.22. The van der Waals surface area contributed by atoms with Crippen LogP contribution in [0.4, 0.5) is 11.4 Å². The first kappa shape index (κ1) is 19.4. The molecule has 0 radical (unpaired) electrons. The Kier molecular flexibility index (Phi) is 6.48. The summed E-state index contributed by atoms with van der Waals surface area (Å²) < 4.78 is 0. The van der Waals surface area contributed by atoms with Crippen molar-refractivity contribution in [3.8, 4) is 0 Å². The van der Waals surface area contributed by atoms with E-state index in [9.17, 15) is 9.59 Å². The monoisotopic (exact) mass is 386 g/mol. The fourth-order valence-corrected chi connectivity index (χ4v) is 3.63. The number of piperidine rings is 1. The van der Waals surface area contributed by atoms with Gasteiger partial charge in [-0.25, -0.2) is 0 Å². The largest absolute Gasteiger partial charge is 0.327 e. The molecule has 6 heteroatoms. The van der Waals surface area contributed by atoms with E-state index >= 15 is 0 Å². The molecule has 1 fully saturated rings. The first-order chi connectivity index (χ1) is 13.0. The van der Waals surface area contributed by atoms with Crippen LogP contribution >= 0.6 is 11.6 Å². The topological polar surface area (TPSA) is 62.6 Å². The molecule has 2 atom stereocenters. The van der Waals surface area contributed by atoms with Gasteiger partial charge >= 0.3 is 0 Å². The van der Waals surface area contributed by atoms with Crippen molar-refractivity contribution in [2.75, 3.05) is 30.3 Å². The van der Waals surface area contributed by atoms with Crippen molar-refractivity contribution < 1.29 is 14.5 Å². The third-order valence-corrected chi connectivity index (χ3v) is 5.07. The highest BCUT2D eigenvalue weighted by Crippen LogP contribution is 2.19. The van der Waals surface area contributed by atoms with Crippen molar-refractivity contribution in [1.82, 2.24) is 0 Å². The number of carbonyl (C=O) groups excluding carboxylic acids is 2. The molecule has 5 nitrogen and oxygen atoms in total. The van der Waals surface area contributed by atoms with E-state index in [0.29, 0.717) is 34.4 Å². The molecule has 2 aromatic rings. The maximum absolute atomic E-state index is 12.6. The lowest BCUT2D eigenvalue weighted by molar-refractivity contribution is -0.900. The van der Waals surface area contributed by atoms with E-state index in [2.05, 4.69) is 17.6 Å². The standard InChI is InChI=1S/C21H24ClN3O2/c1-15-5-4-12-25(13-15)14-20(26)24-19-7-3-2-6-18(19)21(27)23-17-10-8-16(22)9-11-17/h2-3,6-11,15H,4-5,12-14H2,1H3,(H,23,27)(H,24,26)/p+1/t15-/m0/s1.